The first-order valence-electron chi connectivity index (χ1n) is 5.60. The maximum Gasteiger partial charge on any atom is 0.249 e. The fourth-order valence-electron chi connectivity index (χ4n) is 1.90. The lowest BCUT2D eigenvalue weighted by Gasteiger charge is -2.34. The molecule has 1 aromatic carbocycles. The second-order valence-electron chi connectivity index (χ2n) is 4.25. The van der Waals surface area contributed by atoms with Crippen LogP contribution in [0.15, 0.2) is 22.7 Å². The molecule has 1 aliphatic heterocycles. The van der Waals surface area contributed by atoms with Gasteiger partial charge in [0.2, 0.25) is 11.8 Å². The number of halogens is 1. The molecule has 1 unspecified atom stereocenters. The van der Waals surface area contributed by atoms with Crippen molar-refractivity contribution in [2.24, 2.45) is 5.73 Å². The summed E-state index contributed by atoms with van der Waals surface area (Å²) in [6, 6.07) is 4.93. The Morgan fingerprint density at radius 2 is 2.21 bits per heavy atom. The Hall–Kier alpha value is -1.47. The number of piperazine rings is 1. The van der Waals surface area contributed by atoms with Crippen LogP contribution in [-0.2, 0) is 9.59 Å². The maximum atomic E-state index is 11.6. The Morgan fingerprint density at radius 3 is 2.79 bits per heavy atom. The molecule has 3 N–H and O–H groups in total. The minimum Gasteiger partial charge on any atom is -0.389 e. The zero-order chi connectivity index (χ0) is 14.2. The zero-order valence-electron chi connectivity index (χ0n) is 10.1. The molecule has 0 bridgehead atoms. The summed E-state index contributed by atoms with van der Waals surface area (Å²) >= 11 is 8.33. The summed E-state index contributed by atoms with van der Waals surface area (Å²) in [5.74, 6) is -0.616. The average molecular weight is 342 g/mol. The fraction of sp³-hybridized carbons (Fsp3) is 0.250. The predicted octanol–water partition coefficient (Wildman–Crippen LogP) is 0.935. The van der Waals surface area contributed by atoms with E-state index in [0.717, 1.165) is 15.7 Å². The molecular weight excluding hydrogens is 330 g/mol. The molecule has 0 spiro atoms. The molecular formula is C12H12BrN3O2S. The van der Waals surface area contributed by atoms with E-state index < -0.39 is 6.04 Å². The summed E-state index contributed by atoms with van der Waals surface area (Å²) in [7, 11) is 0. The van der Waals surface area contributed by atoms with Gasteiger partial charge in [0.1, 0.15) is 11.0 Å². The number of amides is 2. The Kier molecular flexibility index (Phi) is 3.86. The average Bonchev–Trinajstić information content (AvgIpc) is 2.33. The van der Waals surface area contributed by atoms with Crippen LogP contribution in [0, 0.1) is 0 Å². The van der Waals surface area contributed by atoms with E-state index in [1.807, 2.05) is 0 Å². The van der Waals surface area contributed by atoms with E-state index in [1.165, 1.54) is 0 Å². The van der Waals surface area contributed by atoms with Crippen molar-refractivity contribution in [3.63, 3.8) is 0 Å². The van der Waals surface area contributed by atoms with E-state index in [-0.39, 0.29) is 18.4 Å². The van der Waals surface area contributed by atoms with Crippen LogP contribution in [0.2, 0.25) is 0 Å². The predicted molar refractivity (Wildman–Crippen MR) is 80.0 cm³/mol. The molecule has 1 aliphatic rings. The standard InChI is InChI=1S/C12H12BrN3O2S/c1-6-12(18)15-10(17)5-16(6)9-3-2-7(11(14)19)4-8(9)13/h2-4,6H,5H2,1H3,(H2,14,19)(H,15,17,18). The van der Waals surface area contributed by atoms with Gasteiger partial charge in [0.05, 0.1) is 12.2 Å². The van der Waals surface area contributed by atoms with E-state index in [2.05, 4.69) is 21.2 Å². The summed E-state index contributed by atoms with van der Waals surface area (Å²) in [4.78, 5) is 25.1. The van der Waals surface area contributed by atoms with Crippen molar-refractivity contribution in [1.29, 1.82) is 0 Å². The van der Waals surface area contributed by atoms with Crippen LogP contribution in [-0.4, -0.2) is 29.4 Å². The summed E-state index contributed by atoms with van der Waals surface area (Å²) < 4.78 is 0.743. The van der Waals surface area contributed by atoms with Crippen LogP contribution in [0.3, 0.4) is 0 Å². The number of anilines is 1. The van der Waals surface area contributed by atoms with Crippen molar-refractivity contribution in [1.82, 2.24) is 5.32 Å². The Labute approximate surface area is 124 Å². The highest BCUT2D eigenvalue weighted by Crippen LogP contribution is 2.29. The van der Waals surface area contributed by atoms with Gasteiger partial charge in [-0.25, -0.2) is 0 Å². The van der Waals surface area contributed by atoms with Gasteiger partial charge in [-0.2, -0.15) is 0 Å². The van der Waals surface area contributed by atoms with Gasteiger partial charge in [-0.3, -0.25) is 14.9 Å². The number of carbonyl (C=O) groups excluding carboxylic acids is 2. The molecule has 1 saturated heterocycles. The number of hydrogen-bond acceptors (Lipinski definition) is 4. The number of rotatable bonds is 2. The Morgan fingerprint density at radius 1 is 1.53 bits per heavy atom. The highest BCUT2D eigenvalue weighted by atomic mass is 79.9. The Balaban J connectivity index is 2.38. The first kappa shape index (κ1) is 14.0. The van der Waals surface area contributed by atoms with Gasteiger partial charge in [-0.1, -0.05) is 12.2 Å². The minimum absolute atomic E-state index is 0.137. The third kappa shape index (κ3) is 2.76. The molecule has 1 heterocycles. The fourth-order valence-corrected chi connectivity index (χ4v) is 2.63. The lowest BCUT2D eigenvalue weighted by atomic mass is 10.1. The molecule has 0 aromatic heterocycles. The number of nitrogens with zero attached hydrogens (tertiary/aromatic N) is 1. The number of thiocarbonyl (C=S) groups is 1. The van der Waals surface area contributed by atoms with E-state index in [1.54, 1.807) is 30.0 Å². The maximum absolute atomic E-state index is 11.6. The highest BCUT2D eigenvalue weighted by Gasteiger charge is 2.31. The van der Waals surface area contributed by atoms with Crippen molar-refractivity contribution in [2.75, 3.05) is 11.4 Å². The van der Waals surface area contributed by atoms with Gasteiger partial charge >= 0.3 is 0 Å². The van der Waals surface area contributed by atoms with E-state index in [0.29, 0.717) is 4.99 Å². The molecule has 0 radical (unpaired) electrons. The van der Waals surface area contributed by atoms with Crippen molar-refractivity contribution in [3.05, 3.63) is 28.2 Å². The number of nitrogens with one attached hydrogen (secondary N) is 1. The van der Waals surface area contributed by atoms with Gasteiger partial charge < -0.3 is 10.6 Å². The smallest absolute Gasteiger partial charge is 0.249 e. The molecule has 1 aromatic rings. The first-order chi connectivity index (χ1) is 8.90. The molecule has 100 valence electrons. The number of carbonyl (C=O) groups is 2. The number of benzene rings is 1. The molecule has 1 fully saturated rings. The topological polar surface area (TPSA) is 75.4 Å². The van der Waals surface area contributed by atoms with Gasteiger partial charge in [0.15, 0.2) is 0 Å². The summed E-state index contributed by atoms with van der Waals surface area (Å²) in [6.45, 7) is 1.88. The van der Waals surface area contributed by atoms with Crippen molar-refractivity contribution < 1.29 is 9.59 Å². The second kappa shape index (κ2) is 5.26. The van der Waals surface area contributed by atoms with Crippen LogP contribution in [0.1, 0.15) is 12.5 Å². The number of nitrogens with two attached hydrogens (primary N) is 1. The van der Waals surface area contributed by atoms with Crippen LogP contribution < -0.4 is 16.0 Å². The lowest BCUT2D eigenvalue weighted by molar-refractivity contribution is -0.132. The van der Waals surface area contributed by atoms with E-state index in [9.17, 15) is 9.59 Å². The minimum atomic E-state index is -0.412. The van der Waals surface area contributed by atoms with Crippen molar-refractivity contribution in [2.45, 2.75) is 13.0 Å². The van der Waals surface area contributed by atoms with Crippen LogP contribution >= 0.6 is 28.1 Å². The second-order valence-corrected chi connectivity index (χ2v) is 5.54. The van der Waals surface area contributed by atoms with Gasteiger partial charge in [-0.05, 0) is 41.1 Å². The molecule has 1 atom stereocenters. The van der Waals surface area contributed by atoms with Gasteiger partial charge in [0.25, 0.3) is 0 Å². The van der Waals surface area contributed by atoms with Gasteiger partial charge in [-0.15, -0.1) is 0 Å². The largest absolute Gasteiger partial charge is 0.389 e. The first-order valence-corrected chi connectivity index (χ1v) is 6.80. The summed E-state index contributed by atoms with van der Waals surface area (Å²) in [6.07, 6.45) is 0. The van der Waals surface area contributed by atoms with E-state index >= 15 is 0 Å². The van der Waals surface area contributed by atoms with Crippen LogP contribution in [0.4, 0.5) is 5.69 Å². The van der Waals surface area contributed by atoms with Crippen LogP contribution in [0.5, 0.6) is 0 Å². The molecule has 0 saturated carbocycles. The van der Waals surface area contributed by atoms with Gasteiger partial charge in [0, 0.05) is 10.0 Å². The van der Waals surface area contributed by atoms with Crippen LogP contribution in [0.25, 0.3) is 0 Å². The third-order valence-electron chi connectivity index (χ3n) is 2.97. The van der Waals surface area contributed by atoms with Crippen molar-refractivity contribution in [3.8, 4) is 0 Å². The molecule has 7 heteroatoms. The molecule has 19 heavy (non-hydrogen) atoms. The highest BCUT2D eigenvalue weighted by molar-refractivity contribution is 9.10. The zero-order valence-corrected chi connectivity index (χ0v) is 12.5. The van der Waals surface area contributed by atoms with E-state index in [4.69, 9.17) is 18.0 Å². The monoisotopic (exact) mass is 341 g/mol. The number of imide groups is 1. The molecule has 0 aliphatic carbocycles. The Bertz CT molecular complexity index is 576. The molecule has 5 nitrogen and oxygen atoms in total. The quantitative estimate of drug-likeness (QED) is 0.618. The summed E-state index contributed by atoms with van der Waals surface area (Å²) in [5, 5.41) is 2.30. The third-order valence-corrected chi connectivity index (χ3v) is 3.84. The van der Waals surface area contributed by atoms with Crippen molar-refractivity contribution >= 4 is 50.6 Å². The summed E-state index contributed by atoms with van der Waals surface area (Å²) in [5.41, 5.74) is 7.05. The molecule has 2 amide bonds. The lowest BCUT2D eigenvalue weighted by Crippen LogP contribution is -2.57. The number of hydrogen-bond donors (Lipinski definition) is 2. The molecule has 2 rings (SSSR count). The normalized spacial score (nSPS) is 19.3. The SMILES string of the molecule is CC1C(=O)NC(=O)CN1c1ccc(C(N)=S)cc1Br.